The fourth-order valence-electron chi connectivity index (χ4n) is 2.97. The number of imidazole rings is 1. The second-order valence-corrected chi connectivity index (χ2v) is 5.59. The molecular formula is C14H20N4O. The minimum absolute atomic E-state index is 0.0457. The summed E-state index contributed by atoms with van der Waals surface area (Å²) in [5.74, 6) is 0. The number of hydrogen-bond donors (Lipinski definition) is 0. The molecule has 1 aliphatic rings. The monoisotopic (exact) mass is 260 g/mol. The van der Waals surface area contributed by atoms with Gasteiger partial charge in [-0.2, -0.15) is 0 Å². The number of rotatable bonds is 2. The van der Waals surface area contributed by atoms with E-state index < -0.39 is 0 Å². The number of aryl methyl sites for hydroxylation is 1. The second kappa shape index (κ2) is 4.49. The van der Waals surface area contributed by atoms with Crippen molar-refractivity contribution in [2.45, 2.75) is 32.4 Å². The van der Waals surface area contributed by atoms with Crippen molar-refractivity contribution in [3.63, 3.8) is 0 Å². The Labute approximate surface area is 112 Å². The zero-order valence-electron chi connectivity index (χ0n) is 11.7. The maximum Gasteiger partial charge on any atom is 0.330 e. The summed E-state index contributed by atoms with van der Waals surface area (Å²) in [6, 6.07) is 4.61. The summed E-state index contributed by atoms with van der Waals surface area (Å²) in [5, 5.41) is 0. The van der Waals surface area contributed by atoms with E-state index in [1.807, 2.05) is 23.7 Å². The maximum atomic E-state index is 12.4. The topological polar surface area (TPSA) is 43.1 Å². The third-order valence-corrected chi connectivity index (χ3v) is 4.14. The molecule has 0 saturated carbocycles. The second-order valence-electron chi connectivity index (χ2n) is 5.59. The summed E-state index contributed by atoms with van der Waals surface area (Å²) in [4.78, 5) is 19.2. The number of aromatic nitrogens is 3. The lowest BCUT2D eigenvalue weighted by Crippen LogP contribution is -2.31. The number of nitrogens with zero attached hydrogens (tertiary/aromatic N) is 4. The molecule has 1 saturated heterocycles. The van der Waals surface area contributed by atoms with Gasteiger partial charge in [-0.3, -0.25) is 14.0 Å². The van der Waals surface area contributed by atoms with Gasteiger partial charge in [0.15, 0.2) is 5.65 Å². The van der Waals surface area contributed by atoms with Gasteiger partial charge in [-0.15, -0.1) is 0 Å². The van der Waals surface area contributed by atoms with Crippen LogP contribution in [-0.4, -0.2) is 38.1 Å². The molecule has 0 N–H and O–H groups in total. The van der Waals surface area contributed by atoms with Crippen molar-refractivity contribution in [1.29, 1.82) is 0 Å². The minimum atomic E-state index is 0.0457. The fourth-order valence-corrected chi connectivity index (χ4v) is 2.97. The molecule has 5 nitrogen and oxygen atoms in total. The van der Waals surface area contributed by atoms with E-state index in [0.717, 1.165) is 30.7 Å². The van der Waals surface area contributed by atoms with Crippen molar-refractivity contribution in [2.75, 3.05) is 13.1 Å². The Morgan fingerprint density at radius 2 is 2.21 bits per heavy atom. The first-order chi connectivity index (χ1) is 9.09. The van der Waals surface area contributed by atoms with Crippen molar-refractivity contribution < 1.29 is 0 Å². The van der Waals surface area contributed by atoms with Crippen LogP contribution in [0.4, 0.5) is 0 Å². The molecule has 0 radical (unpaired) electrons. The van der Waals surface area contributed by atoms with Gasteiger partial charge in [-0.1, -0.05) is 0 Å². The van der Waals surface area contributed by atoms with E-state index in [1.54, 1.807) is 10.8 Å². The van der Waals surface area contributed by atoms with Gasteiger partial charge in [0.1, 0.15) is 0 Å². The zero-order valence-corrected chi connectivity index (χ0v) is 11.7. The highest BCUT2D eigenvalue weighted by Gasteiger charge is 2.28. The van der Waals surface area contributed by atoms with Crippen LogP contribution in [0.15, 0.2) is 23.1 Å². The maximum absolute atomic E-state index is 12.4. The molecule has 1 aliphatic heterocycles. The van der Waals surface area contributed by atoms with Gasteiger partial charge in [0.25, 0.3) is 0 Å². The molecule has 2 aromatic rings. The van der Waals surface area contributed by atoms with E-state index >= 15 is 0 Å². The van der Waals surface area contributed by atoms with Crippen molar-refractivity contribution in [3.8, 4) is 0 Å². The van der Waals surface area contributed by atoms with Gasteiger partial charge in [0, 0.05) is 32.4 Å². The summed E-state index contributed by atoms with van der Waals surface area (Å²) >= 11 is 0. The highest BCUT2D eigenvalue weighted by molar-refractivity contribution is 5.71. The van der Waals surface area contributed by atoms with Crippen LogP contribution in [0.3, 0.4) is 0 Å². The first-order valence-electron chi connectivity index (χ1n) is 6.85. The molecule has 3 rings (SSSR count). The summed E-state index contributed by atoms with van der Waals surface area (Å²) in [6.07, 6.45) is 2.78. The van der Waals surface area contributed by atoms with Crippen LogP contribution < -0.4 is 5.69 Å². The van der Waals surface area contributed by atoms with Crippen LogP contribution in [0.5, 0.6) is 0 Å². The Morgan fingerprint density at radius 3 is 2.89 bits per heavy atom. The molecule has 5 heteroatoms. The molecule has 2 aromatic heterocycles. The van der Waals surface area contributed by atoms with Gasteiger partial charge in [0.05, 0.1) is 11.6 Å². The molecule has 0 bridgehead atoms. The third kappa shape index (κ3) is 1.89. The molecule has 3 heterocycles. The highest BCUT2D eigenvalue weighted by atomic mass is 16.1. The van der Waals surface area contributed by atoms with Crippen LogP contribution in [0.1, 0.15) is 26.3 Å². The van der Waals surface area contributed by atoms with Gasteiger partial charge >= 0.3 is 5.69 Å². The lowest BCUT2D eigenvalue weighted by atomic mass is 10.2. The first kappa shape index (κ1) is 12.4. The molecule has 1 atom stereocenters. The van der Waals surface area contributed by atoms with Gasteiger partial charge in [-0.05, 0) is 32.4 Å². The average Bonchev–Trinajstić information content (AvgIpc) is 2.96. The Hall–Kier alpha value is -1.62. The quantitative estimate of drug-likeness (QED) is 0.819. The molecule has 19 heavy (non-hydrogen) atoms. The normalized spacial score (nSPS) is 20.7. The van der Waals surface area contributed by atoms with Gasteiger partial charge < -0.3 is 0 Å². The number of pyridine rings is 1. The van der Waals surface area contributed by atoms with Crippen molar-refractivity contribution >= 4 is 11.2 Å². The number of hydrogen-bond acceptors (Lipinski definition) is 3. The highest BCUT2D eigenvalue weighted by Crippen LogP contribution is 2.24. The van der Waals surface area contributed by atoms with Crippen LogP contribution in [0.2, 0.25) is 0 Å². The van der Waals surface area contributed by atoms with Crippen LogP contribution in [0, 0.1) is 0 Å². The van der Waals surface area contributed by atoms with E-state index in [-0.39, 0.29) is 11.7 Å². The molecular weight excluding hydrogens is 240 g/mol. The zero-order chi connectivity index (χ0) is 13.6. The number of fused-ring (bicyclic) bond motifs is 1. The summed E-state index contributed by atoms with van der Waals surface area (Å²) in [6.45, 7) is 6.39. The van der Waals surface area contributed by atoms with E-state index in [9.17, 15) is 4.79 Å². The largest absolute Gasteiger partial charge is 0.330 e. The molecule has 0 unspecified atom stereocenters. The van der Waals surface area contributed by atoms with E-state index in [2.05, 4.69) is 23.7 Å². The molecule has 102 valence electrons. The summed E-state index contributed by atoms with van der Waals surface area (Å²) in [7, 11) is 1.82. The lowest BCUT2D eigenvalue weighted by molar-refractivity contribution is 0.265. The van der Waals surface area contributed by atoms with Crippen molar-refractivity contribution in [3.05, 3.63) is 28.8 Å². The Bertz CT molecular complexity index is 655. The van der Waals surface area contributed by atoms with Gasteiger partial charge in [-0.25, -0.2) is 9.78 Å². The smallest absolute Gasteiger partial charge is 0.299 e. The Kier molecular flexibility index (Phi) is 2.93. The van der Waals surface area contributed by atoms with Crippen LogP contribution in [0.25, 0.3) is 11.2 Å². The van der Waals surface area contributed by atoms with Gasteiger partial charge in [0.2, 0.25) is 0 Å². The van der Waals surface area contributed by atoms with E-state index in [0.29, 0.717) is 6.04 Å². The molecule has 1 fully saturated rings. The standard InChI is InChI=1S/C14H20N4O/c1-10(2)17-8-6-11(9-17)18-13-12(5-4-7-15-13)16(3)14(18)19/h4-5,7,10-11H,6,8-9H2,1-3H3/t11-/m1/s1. The minimum Gasteiger partial charge on any atom is -0.299 e. The number of likely N-dealkylation sites (tertiary alicyclic amines) is 1. The third-order valence-electron chi connectivity index (χ3n) is 4.14. The Balaban J connectivity index is 2.07. The predicted molar refractivity (Wildman–Crippen MR) is 75.3 cm³/mol. The summed E-state index contributed by atoms with van der Waals surface area (Å²) in [5.41, 5.74) is 1.77. The predicted octanol–water partition coefficient (Wildman–Crippen LogP) is 1.39. The fraction of sp³-hybridized carbons (Fsp3) is 0.571. The van der Waals surface area contributed by atoms with Crippen LogP contribution in [-0.2, 0) is 7.05 Å². The molecule has 0 aromatic carbocycles. The van der Waals surface area contributed by atoms with Crippen molar-refractivity contribution in [2.24, 2.45) is 7.05 Å². The SMILES string of the molecule is CC(C)N1CC[C@@H](n2c(=O)n(C)c3cccnc32)C1. The van der Waals surface area contributed by atoms with E-state index in [4.69, 9.17) is 0 Å². The molecule has 0 spiro atoms. The molecule has 0 amide bonds. The first-order valence-corrected chi connectivity index (χ1v) is 6.85. The molecule has 0 aliphatic carbocycles. The summed E-state index contributed by atoms with van der Waals surface area (Å²) < 4.78 is 3.57. The Morgan fingerprint density at radius 1 is 1.42 bits per heavy atom. The van der Waals surface area contributed by atoms with Crippen LogP contribution >= 0.6 is 0 Å². The lowest BCUT2D eigenvalue weighted by Gasteiger charge is -2.20. The van der Waals surface area contributed by atoms with Crippen molar-refractivity contribution in [1.82, 2.24) is 19.0 Å². The van der Waals surface area contributed by atoms with E-state index in [1.165, 1.54) is 0 Å². The average molecular weight is 260 g/mol.